The largest absolute Gasteiger partial charge is 0.357 e. The lowest BCUT2D eigenvalue weighted by molar-refractivity contribution is 0.103. The number of rotatable bonds is 2. The molecule has 4 rings (SSSR count). The van der Waals surface area contributed by atoms with Crippen LogP contribution in [0.3, 0.4) is 0 Å². The molecule has 0 unspecified atom stereocenters. The highest BCUT2D eigenvalue weighted by Crippen LogP contribution is 2.18. The quantitative estimate of drug-likeness (QED) is 0.502. The van der Waals surface area contributed by atoms with Crippen LogP contribution in [0, 0.1) is 0 Å². The number of aromatic nitrogens is 2. The third-order valence-electron chi connectivity index (χ3n) is 3.94. The van der Waals surface area contributed by atoms with E-state index in [0.717, 1.165) is 16.3 Å². The van der Waals surface area contributed by atoms with Gasteiger partial charge in [-0.25, -0.2) is 0 Å². The second-order valence-corrected chi connectivity index (χ2v) is 5.74. The van der Waals surface area contributed by atoms with E-state index >= 15 is 0 Å². The maximum absolute atomic E-state index is 12.4. The molecule has 0 aliphatic rings. The van der Waals surface area contributed by atoms with Crippen molar-refractivity contribution in [3.05, 3.63) is 96.6 Å². The minimum Gasteiger partial charge on any atom is -0.357 e. The van der Waals surface area contributed by atoms with Gasteiger partial charge in [0.25, 0.3) is 0 Å². The highest BCUT2D eigenvalue weighted by atomic mass is 16.1. The molecule has 2 aromatic carbocycles. The molecule has 0 radical (unpaired) electrons. The van der Waals surface area contributed by atoms with E-state index in [1.54, 1.807) is 0 Å². The molecule has 3 nitrogen and oxygen atoms in total. The Balaban J connectivity index is 0.000000238. The highest BCUT2D eigenvalue weighted by Gasteiger charge is 2.11. The fourth-order valence-electron chi connectivity index (χ4n) is 2.60. The molecule has 0 N–H and O–H groups in total. The lowest BCUT2D eigenvalue weighted by Crippen LogP contribution is -2.06. The van der Waals surface area contributed by atoms with Crippen LogP contribution in [0.25, 0.3) is 10.8 Å². The number of hydrogen-bond acceptors (Lipinski definition) is 1. The molecule has 0 saturated carbocycles. The molecule has 4 aromatic rings. The van der Waals surface area contributed by atoms with Gasteiger partial charge < -0.3 is 9.13 Å². The van der Waals surface area contributed by atoms with Crippen LogP contribution in [0.5, 0.6) is 0 Å². The van der Waals surface area contributed by atoms with Crippen molar-refractivity contribution in [3.8, 4) is 0 Å². The van der Waals surface area contributed by atoms with Crippen LogP contribution in [-0.4, -0.2) is 14.9 Å². The first-order chi connectivity index (χ1) is 11.6. The van der Waals surface area contributed by atoms with Crippen LogP contribution in [0.4, 0.5) is 0 Å². The van der Waals surface area contributed by atoms with Gasteiger partial charge in [0.05, 0.1) is 5.69 Å². The molecule has 0 bridgehead atoms. The van der Waals surface area contributed by atoms with Gasteiger partial charge in [0.15, 0.2) is 0 Å². The molecular weight excluding hydrogens is 296 g/mol. The van der Waals surface area contributed by atoms with Crippen molar-refractivity contribution in [1.82, 2.24) is 9.13 Å². The number of ketones is 1. The molecule has 0 aliphatic heterocycles. The van der Waals surface area contributed by atoms with Gasteiger partial charge in [-0.15, -0.1) is 0 Å². The van der Waals surface area contributed by atoms with Gasteiger partial charge in [0, 0.05) is 38.2 Å². The Morgan fingerprint density at radius 1 is 0.750 bits per heavy atom. The molecule has 0 amide bonds. The van der Waals surface area contributed by atoms with E-state index in [-0.39, 0.29) is 5.78 Å². The average molecular weight is 316 g/mol. The summed E-state index contributed by atoms with van der Waals surface area (Å²) in [4.78, 5) is 12.4. The highest BCUT2D eigenvalue weighted by molar-refractivity contribution is 6.09. The average Bonchev–Trinajstić information content (AvgIpc) is 3.25. The third kappa shape index (κ3) is 3.46. The summed E-state index contributed by atoms with van der Waals surface area (Å²) in [7, 11) is 3.88. The smallest absolute Gasteiger partial charge is 0.209 e. The first-order valence-electron chi connectivity index (χ1n) is 7.87. The van der Waals surface area contributed by atoms with Gasteiger partial charge in [0.2, 0.25) is 5.78 Å². The van der Waals surface area contributed by atoms with Crippen molar-refractivity contribution in [2.24, 2.45) is 14.1 Å². The minimum atomic E-state index is 0.0632. The van der Waals surface area contributed by atoms with E-state index in [9.17, 15) is 4.79 Å². The van der Waals surface area contributed by atoms with Crippen molar-refractivity contribution in [2.45, 2.75) is 0 Å². The SMILES string of the molecule is Cn1cccc1.Cn1cccc1C(=O)c1ccc2ccccc2c1. The molecule has 0 aliphatic carbocycles. The molecular formula is C21H20N2O. The number of fused-ring (bicyclic) bond motifs is 1. The van der Waals surface area contributed by atoms with E-state index in [1.165, 1.54) is 0 Å². The lowest BCUT2D eigenvalue weighted by Gasteiger charge is -2.04. The molecule has 120 valence electrons. The zero-order chi connectivity index (χ0) is 16.9. The first kappa shape index (κ1) is 15.8. The van der Waals surface area contributed by atoms with Gasteiger partial charge >= 0.3 is 0 Å². The van der Waals surface area contributed by atoms with Crippen molar-refractivity contribution >= 4 is 16.6 Å². The summed E-state index contributed by atoms with van der Waals surface area (Å²) < 4.78 is 3.84. The van der Waals surface area contributed by atoms with Crippen molar-refractivity contribution in [2.75, 3.05) is 0 Å². The molecule has 0 fully saturated rings. The summed E-state index contributed by atoms with van der Waals surface area (Å²) in [6.07, 6.45) is 5.88. The van der Waals surface area contributed by atoms with E-state index in [0.29, 0.717) is 5.69 Å². The van der Waals surface area contributed by atoms with Crippen LogP contribution >= 0.6 is 0 Å². The van der Waals surface area contributed by atoms with E-state index in [2.05, 4.69) is 0 Å². The van der Waals surface area contributed by atoms with Gasteiger partial charge in [-0.2, -0.15) is 0 Å². The summed E-state index contributed by atoms with van der Waals surface area (Å²) in [5.41, 5.74) is 1.45. The predicted molar refractivity (Wildman–Crippen MR) is 98.2 cm³/mol. The van der Waals surface area contributed by atoms with Crippen LogP contribution in [0.2, 0.25) is 0 Å². The zero-order valence-corrected chi connectivity index (χ0v) is 13.9. The topological polar surface area (TPSA) is 26.9 Å². The fraction of sp³-hybridized carbons (Fsp3) is 0.0952. The van der Waals surface area contributed by atoms with Crippen molar-refractivity contribution in [3.63, 3.8) is 0 Å². The Bertz CT molecular complexity index is 949. The van der Waals surface area contributed by atoms with Crippen molar-refractivity contribution in [1.29, 1.82) is 0 Å². The van der Waals surface area contributed by atoms with Gasteiger partial charge in [-0.1, -0.05) is 36.4 Å². The third-order valence-corrected chi connectivity index (χ3v) is 3.94. The molecule has 2 aromatic heterocycles. The number of benzene rings is 2. The summed E-state index contributed by atoms with van der Waals surface area (Å²) in [6.45, 7) is 0. The normalized spacial score (nSPS) is 10.2. The van der Waals surface area contributed by atoms with Crippen molar-refractivity contribution < 1.29 is 4.79 Å². The standard InChI is InChI=1S/C16H13NO.C5H7N/c1-17-10-4-7-15(17)16(18)14-9-8-12-5-2-3-6-13(12)11-14;1-6-4-2-3-5-6/h2-11H,1H3;2-5H,1H3. The Morgan fingerprint density at radius 2 is 1.46 bits per heavy atom. The predicted octanol–water partition coefficient (Wildman–Crippen LogP) is 4.43. The maximum atomic E-state index is 12.4. The summed E-state index contributed by atoms with van der Waals surface area (Å²) in [6, 6.07) is 21.6. The number of nitrogens with zero attached hydrogens (tertiary/aromatic N) is 2. The van der Waals surface area contributed by atoms with Gasteiger partial charge in [-0.3, -0.25) is 4.79 Å². The molecule has 3 heteroatoms. The Labute approximate surface area is 141 Å². The lowest BCUT2D eigenvalue weighted by atomic mass is 10.0. The molecule has 0 atom stereocenters. The van der Waals surface area contributed by atoms with Gasteiger partial charge in [0.1, 0.15) is 0 Å². The molecule has 0 spiro atoms. The second kappa shape index (κ2) is 7.01. The summed E-state index contributed by atoms with van der Waals surface area (Å²) in [5.74, 6) is 0.0632. The second-order valence-electron chi connectivity index (χ2n) is 5.74. The molecule has 2 heterocycles. The maximum Gasteiger partial charge on any atom is 0.209 e. The Morgan fingerprint density at radius 3 is 2.04 bits per heavy atom. The summed E-state index contributed by atoms with van der Waals surface area (Å²) in [5, 5.41) is 2.25. The Hall–Kier alpha value is -3.07. The Kier molecular flexibility index (Phi) is 4.62. The minimum absolute atomic E-state index is 0.0632. The summed E-state index contributed by atoms with van der Waals surface area (Å²) >= 11 is 0. The van der Waals surface area contributed by atoms with E-state index < -0.39 is 0 Å². The van der Waals surface area contributed by atoms with Crippen LogP contribution in [-0.2, 0) is 14.1 Å². The number of aryl methyl sites for hydroxylation is 2. The fourth-order valence-corrected chi connectivity index (χ4v) is 2.60. The van der Waals surface area contributed by atoms with Crippen LogP contribution < -0.4 is 0 Å². The van der Waals surface area contributed by atoms with Crippen LogP contribution in [0.1, 0.15) is 16.1 Å². The number of carbonyl (C=O) groups is 1. The zero-order valence-electron chi connectivity index (χ0n) is 13.9. The monoisotopic (exact) mass is 316 g/mol. The number of carbonyl (C=O) groups excluding carboxylic acids is 1. The molecule has 0 saturated heterocycles. The number of hydrogen-bond donors (Lipinski definition) is 0. The van der Waals surface area contributed by atoms with Crippen LogP contribution in [0.15, 0.2) is 85.3 Å². The first-order valence-corrected chi connectivity index (χ1v) is 7.87. The van der Waals surface area contributed by atoms with E-state index in [1.807, 2.05) is 109 Å². The molecule has 24 heavy (non-hydrogen) atoms. The van der Waals surface area contributed by atoms with E-state index in [4.69, 9.17) is 0 Å². The van der Waals surface area contributed by atoms with Gasteiger partial charge in [-0.05, 0) is 41.1 Å².